The van der Waals surface area contributed by atoms with Crippen molar-refractivity contribution in [1.29, 1.82) is 0 Å². The van der Waals surface area contributed by atoms with Gasteiger partial charge >= 0.3 is 0 Å². The Bertz CT molecular complexity index is 631. The van der Waals surface area contributed by atoms with Crippen molar-refractivity contribution in [2.24, 2.45) is 16.8 Å². The van der Waals surface area contributed by atoms with E-state index in [1.165, 1.54) is 7.11 Å². The molecule has 1 fully saturated rings. The topological polar surface area (TPSA) is 127 Å². The maximum atomic E-state index is 12.0. The summed E-state index contributed by atoms with van der Waals surface area (Å²) in [6, 6.07) is 3.36. The summed E-state index contributed by atoms with van der Waals surface area (Å²) in [5.41, 5.74) is 6.16. The molecule has 134 valence electrons. The number of methoxy groups -OCH3 is 1. The molecule has 4 N–H and O–H groups in total. The number of ketones is 1. The smallest absolute Gasteiger partial charge is 0.228 e. The Balaban J connectivity index is 1.88. The number of rotatable bonds is 6. The number of Topliss-reactive ketones (excluding diaryl/α,β-unsaturated/α-hetero) is 1. The molecule has 1 saturated heterocycles. The van der Waals surface area contributed by atoms with Crippen molar-refractivity contribution in [3.63, 3.8) is 0 Å². The van der Waals surface area contributed by atoms with Crippen LogP contribution < -0.4 is 10.5 Å². The molecule has 0 atom stereocenters. The molecule has 1 aromatic rings. The molecule has 0 radical (unpaired) electrons. The number of oxime groups is 1. The Kier molecular flexibility index (Phi) is 6.44. The molecule has 10 heteroatoms. The standard InChI is InChI=1S/C14H20BrN3O5S/c1-22-14-10(15)2-3-11(17-14)13(16)18-23-8-12(19)9-4-6-24(20,21)7-5-9/h2-3,9,20-21H,4-8H2,1H3,(H2,16,18). The van der Waals surface area contributed by atoms with Gasteiger partial charge in [0.15, 0.2) is 18.2 Å². The highest BCUT2D eigenvalue weighted by Gasteiger charge is 2.28. The van der Waals surface area contributed by atoms with Gasteiger partial charge in [0, 0.05) is 17.4 Å². The second-order valence-corrected chi connectivity index (χ2v) is 8.66. The number of hydrogen-bond donors (Lipinski definition) is 3. The Morgan fingerprint density at radius 3 is 2.75 bits per heavy atom. The minimum atomic E-state index is -2.49. The molecule has 1 aliphatic rings. The third-order valence-electron chi connectivity index (χ3n) is 3.68. The van der Waals surface area contributed by atoms with Crippen molar-refractivity contribution in [2.45, 2.75) is 12.8 Å². The van der Waals surface area contributed by atoms with Crippen LogP contribution >= 0.6 is 26.5 Å². The van der Waals surface area contributed by atoms with Gasteiger partial charge in [0.2, 0.25) is 5.88 Å². The first kappa shape index (κ1) is 19.0. The van der Waals surface area contributed by atoms with Gasteiger partial charge in [-0.15, -0.1) is 0 Å². The molecule has 24 heavy (non-hydrogen) atoms. The number of carbonyl (C=O) groups is 1. The van der Waals surface area contributed by atoms with E-state index >= 15 is 0 Å². The first-order valence-corrected chi connectivity index (χ1v) is 9.93. The molecular formula is C14H20BrN3O5S. The van der Waals surface area contributed by atoms with Crippen LogP contribution in [-0.2, 0) is 9.63 Å². The zero-order valence-electron chi connectivity index (χ0n) is 13.1. The highest BCUT2D eigenvalue weighted by Crippen LogP contribution is 2.45. The van der Waals surface area contributed by atoms with Crippen LogP contribution in [0.3, 0.4) is 0 Å². The molecule has 0 unspecified atom stereocenters. The lowest BCUT2D eigenvalue weighted by Crippen LogP contribution is -2.28. The molecule has 2 heterocycles. The number of halogens is 1. The third-order valence-corrected chi connectivity index (χ3v) is 6.06. The van der Waals surface area contributed by atoms with Crippen LogP contribution in [0.1, 0.15) is 18.5 Å². The first-order chi connectivity index (χ1) is 11.3. The normalized spacial score (nSPS) is 19.6. The largest absolute Gasteiger partial charge is 0.480 e. The van der Waals surface area contributed by atoms with Gasteiger partial charge in [0.05, 0.1) is 11.6 Å². The summed E-state index contributed by atoms with van der Waals surface area (Å²) in [7, 11) is -1.01. The lowest BCUT2D eigenvalue weighted by molar-refractivity contribution is -0.127. The van der Waals surface area contributed by atoms with Crippen molar-refractivity contribution < 1.29 is 23.5 Å². The number of hydrogen-bond acceptors (Lipinski definition) is 7. The van der Waals surface area contributed by atoms with E-state index in [1.807, 2.05) is 0 Å². The van der Waals surface area contributed by atoms with E-state index in [1.54, 1.807) is 12.1 Å². The summed E-state index contributed by atoms with van der Waals surface area (Å²) >= 11 is 3.29. The Morgan fingerprint density at radius 2 is 2.12 bits per heavy atom. The van der Waals surface area contributed by atoms with Crippen molar-refractivity contribution in [2.75, 3.05) is 25.2 Å². The average molecular weight is 422 g/mol. The van der Waals surface area contributed by atoms with Crippen LogP contribution in [0.4, 0.5) is 0 Å². The number of ether oxygens (including phenoxy) is 1. The molecule has 1 aromatic heterocycles. The highest BCUT2D eigenvalue weighted by atomic mass is 79.9. The molecule has 0 amide bonds. The third kappa shape index (κ3) is 5.07. The van der Waals surface area contributed by atoms with Crippen molar-refractivity contribution in [3.8, 4) is 5.88 Å². The Morgan fingerprint density at radius 1 is 1.46 bits per heavy atom. The second kappa shape index (κ2) is 8.15. The maximum absolute atomic E-state index is 12.0. The summed E-state index contributed by atoms with van der Waals surface area (Å²) in [6.07, 6.45) is 0.907. The van der Waals surface area contributed by atoms with Gasteiger partial charge in [-0.2, -0.15) is 10.6 Å². The van der Waals surface area contributed by atoms with Gasteiger partial charge in [-0.25, -0.2) is 4.98 Å². The fourth-order valence-electron chi connectivity index (χ4n) is 2.27. The van der Waals surface area contributed by atoms with E-state index in [2.05, 4.69) is 26.1 Å². The minimum absolute atomic E-state index is 0.0337. The molecule has 0 aromatic carbocycles. The molecule has 2 rings (SSSR count). The monoisotopic (exact) mass is 421 g/mol. The van der Waals surface area contributed by atoms with E-state index in [4.69, 9.17) is 15.3 Å². The van der Waals surface area contributed by atoms with E-state index in [9.17, 15) is 13.9 Å². The minimum Gasteiger partial charge on any atom is -0.480 e. The van der Waals surface area contributed by atoms with Crippen LogP contribution in [0, 0.1) is 5.92 Å². The van der Waals surface area contributed by atoms with E-state index in [0.717, 1.165) is 0 Å². The summed E-state index contributed by atoms with van der Waals surface area (Å²) in [5, 5.41) is 3.71. The average Bonchev–Trinajstić information content (AvgIpc) is 2.55. The second-order valence-electron chi connectivity index (χ2n) is 5.39. The number of amidine groups is 1. The lowest BCUT2D eigenvalue weighted by atomic mass is 9.98. The van der Waals surface area contributed by atoms with Crippen molar-refractivity contribution in [3.05, 3.63) is 22.3 Å². The zero-order chi connectivity index (χ0) is 17.7. The lowest BCUT2D eigenvalue weighted by Gasteiger charge is -2.38. The molecule has 0 spiro atoms. The van der Waals surface area contributed by atoms with Crippen LogP contribution in [-0.4, -0.2) is 50.9 Å². The molecule has 0 bridgehead atoms. The van der Waals surface area contributed by atoms with E-state index < -0.39 is 10.6 Å². The van der Waals surface area contributed by atoms with Crippen LogP contribution in [0.15, 0.2) is 21.8 Å². The van der Waals surface area contributed by atoms with Gasteiger partial charge in [-0.3, -0.25) is 13.9 Å². The van der Waals surface area contributed by atoms with Crippen molar-refractivity contribution >= 4 is 38.1 Å². The molecule has 0 saturated carbocycles. The van der Waals surface area contributed by atoms with Gasteiger partial charge < -0.3 is 15.3 Å². The summed E-state index contributed by atoms with van der Waals surface area (Å²) in [4.78, 5) is 21.2. The molecule has 0 aliphatic carbocycles. The fourth-order valence-corrected chi connectivity index (χ4v) is 4.18. The van der Waals surface area contributed by atoms with Gasteiger partial charge in [0.1, 0.15) is 5.69 Å². The molecular weight excluding hydrogens is 402 g/mol. The quantitative estimate of drug-likeness (QED) is 0.364. The summed E-state index contributed by atoms with van der Waals surface area (Å²) < 4.78 is 24.9. The predicted octanol–water partition coefficient (Wildman–Crippen LogP) is 2.22. The molecule has 1 aliphatic heterocycles. The summed E-state index contributed by atoms with van der Waals surface area (Å²) in [5.74, 6) is 0.568. The van der Waals surface area contributed by atoms with Crippen LogP contribution in [0.2, 0.25) is 0 Å². The SMILES string of the molecule is COc1nc(/C(N)=N/OCC(=O)C2CCS(O)(O)CC2)ccc1Br. The van der Waals surface area contributed by atoms with E-state index in [0.29, 0.717) is 28.9 Å². The number of pyridine rings is 1. The van der Waals surface area contributed by atoms with Crippen molar-refractivity contribution in [1.82, 2.24) is 4.98 Å². The van der Waals surface area contributed by atoms with Gasteiger partial charge in [-0.1, -0.05) is 5.16 Å². The number of aromatic nitrogens is 1. The highest BCUT2D eigenvalue weighted by molar-refractivity contribution is 9.10. The number of carbonyl (C=O) groups excluding carboxylic acids is 1. The zero-order valence-corrected chi connectivity index (χ0v) is 15.5. The van der Waals surface area contributed by atoms with Gasteiger partial charge in [-0.05, 0) is 40.9 Å². The Hall–Kier alpha value is -1.36. The Labute approximate surface area is 149 Å². The first-order valence-electron chi connectivity index (χ1n) is 7.25. The maximum Gasteiger partial charge on any atom is 0.228 e. The predicted molar refractivity (Wildman–Crippen MR) is 95.5 cm³/mol. The summed E-state index contributed by atoms with van der Waals surface area (Å²) in [6.45, 7) is -0.210. The fraction of sp³-hybridized carbons (Fsp3) is 0.500. The number of nitrogens with zero attached hydrogens (tertiary/aromatic N) is 2. The van der Waals surface area contributed by atoms with E-state index in [-0.39, 0.29) is 35.6 Å². The number of nitrogens with two attached hydrogens (primary N) is 1. The van der Waals surface area contributed by atoms with Gasteiger partial charge in [0.25, 0.3) is 0 Å². The van der Waals surface area contributed by atoms with Crippen LogP contribution in [0.25, 0.3) is 0 Å². The van der Waals surface area contributed by atoms with Crippen LogP contribution in [0.5, 0.6) is 5.88 Å². The molecule has 8 nitrogen and oxygen atoms in total.